The Morgan fingerprint density at radius 2 is 1.78 bits per heavy atom. The van der Waals surface area contributed by atoms with E-state index in [1.165, 1.54) is 12.1 Å². The summed E-state index contributed by atoms with van der Waals surface area (Å²) in [4.78, 5) is 10.3. The third-order valence-corrected chi connectivity index (χ3v) is 4.51. The molecule has 0 amide bonds. The van der Waals surface area contributed by atoms with Gasteiger partial charge in [0.2, 0.25) is 0 Å². The minimum absolute atomic E-state index is 0.0473. The Labute approximate surface area is 155 Å². The molecule has 1 aromatic heterocycles. The highest BCUT2D eigenvalue weighted by Crippen LogP contribution is 2.31. The van der Waals surface area contributed by atoms with E-state index in [0.717, 1.165) is 28.3 Å². The molecule has 7 heteroatoms. The molecule has 0 saturated heterocycles. The van der Waals surface area contributed by atoms with Crippen molar-refractivity contribution in [2.24, 2.45) is 5.10 Å². The summed E-state index contributed by atoms with van der Waals surface area (Å²) >= 11 is 0. The molecule has 0 fully saturated rings. The number of non-ortho nitro benzene ring substituents is 1. The van der Waals surface area contributed by atoms with Crippen LogP contribution in [0, 0.1) is 10.1 Å². The topological polar surface area (TPSA) is 89.9 Å². The van der Waals surface area contributed by atoms with Crippen LogP contribution in [0.3, 0.4) is 0 Å². The molecule has 3 aromatic rings. The molecule has 0 aliphatic carbocycles. The first-order chi connectivity index (χ1) is 13.1. The molecule has 2 aromatic carbocycles. The van der Waals surface area contributed by atoms with Gasteiger partial charge in [-0.15, -0.1) is 0 Å². The minimum Gasteiger partial charge on any atom is -0.497 e. The molecule has 1 atom stereocenters. The molecule has 1 aliphatic rings. The second-order valence-corrected chi connectivity index (χ2v) is 6.18. The standard InChI is InChI=1S/C20H17N3O4/c1-26-16-8-4-13(5-9-16)17-12-18(22-21-17)20-11-10-19(27-20)14-2-6-15(7-3-14)23(24)25/h2-11,18,22H,12H2,1H3. The highest BCUT2D eigenvalue weighted by molar-refractivity contribution is 6.01. The van der Waals surface area contributed by atoms with Gasteiger partial charge in [0.15, 0.2) is 0 Å². The zero-order valence-electron chi connectivity index (χ0n) is 14.6. The summed E-state index contributed by atoms with van der Waals surface area (Å²) < 4.78 is 11.1. The maximum Gasteiger partial charge on any atom is 0.269 e. The second-order valence-electron chi connectivity index (χ2n) is 6.18. The number of nitro groups is 1. The fourth-order valence-electron chi connectivity index (χ4n) is 3.01. The zero-order chi connectivity index (χ0) is 18.8. The van der Waals surface area contributed by atoms with Crippen molar-refractivity contribution >= 4 is 11.4 Å². The molecule has 0 radical (unpaired) electrons. The summed E-state index contributed by atoms with van der Waals surface area (Å²) in [6, 6.07) is 17.8. The van der Waals surface area contributed by atoms with Gasteiger partial charge in [0.05, 0.1) is 17.7 Å². The van der Waals surface area contributed by atoms with E-state index in [2.05, 4.69) is 10.5 Å². The Kier molecular flexibility index (Phi) is 4.33. The number of benzene rings is 2. The number of hydrazone groups is 1. The van der Waals surface area contributed by atoms with E-state index in [9.17, 15) is 10.1 Å². The highest BCUT2D eigenvalue weighted by Gasteiger charge is 2.24. The molecule has 7 nitrogen and oxygen atoms in total. The van der Waals surface area contributed by atoms with Crippen molar-refractivity contribution in [3.05, 3.63) is 82.1 Å². The summed E-state index contributed by atoms with van der Waals surface area (Å²) in [7, 11) is 1.64. The summed E-state index contributed by atoms with van der Waals surface area (Å²) in [6.45, 7) is 0. The van der Waals surface area contributed by atoms with E-state index in [0.29, 0.717) is 12.2 Å². The van der Waals surface area contributed by atoms with E-state index in [1.54, 1.807) is 19.2 Å². The maximum atomic E-state index is 10.8. The van der Waals surface area contributed by atoms with Crippen LogP contribution in [0.5, 0.6) is 5.75 Å². The van der Waals surface area contributed by atoms with Gasteiger partial charge in [0, 0.05) is 24.1 Å². The van der Waals surface area contributed by atoms with E-state index in [1.807, 2.05) is 36.4 Å². The number of rotatable bonds is 5. The smallest absolute Gasteiger partial charge is 0.269 e. The predicted molar refractivity (Wildman–Crippen MR) is 101 cm³/mol. The van der Waals surface area contributed by atoms with Crippen molar-refractivity contribution < 1.29 is 14.1 Å². The van der Waals surface area contributed by atoms with Crippen molar-refractivity contribution in [2.75, 3.05) is 7.11 Å². The number of hydrogen-bond donors (Lipinski definition) is 1. The van der Waals surface area contributed by atoms with Gasteiger partial charge in [-0.3, -0.25) is 15.5 Å². The van der Waals surface area contributed by atoms with Gasteiger partial charge < -0.3 is 9.15 Å². The van der Waals surface area contributed by atoms with Crippen molar-refractivity contribution in [3.63, 3.8) is 0 Å². The monoisotopic (exact) mass is 363 g/mol. The van der Waals surface area contributed by atoms with Gasteiger partial charge >= 0.3 is 0 Å². The van der Waals surface area contributed by atoms with Crippen LogP contribution < -0.4 is 10.2 Å². The third kappa shape index (κ3) is 3.39. The van der Waals surface area contributed by atoms with Crippen LogP contribution in [0.1, 0.15) is 23.8 Å². The molecular weight excluding hydrogens is 346 g/mol. The number of methoxy groups -OCH3 is 1. The molecule has 1 N–H and O–H groups in total. The normalized spacial score (nSPS) is 15.9. The Morgan fingerprint density at radius 1 is 1.07 bits per heavy atom. The zero-order valence-corrected chi connectivity index (χ0v) is 14.6. The van der Waals surface area contributed by atoms with E-state index in [-0.39, 0.29) is 11.7 Å². The van der Waals surface area contributed by atoms with Crippen LogP contribution in [0.4, 0.5) is 5.69 Å². The molecular formula is C20H17N3O4. The summed E-state index contributed by atoms with van der Waals surface area (Å²) in [5.41, 5.74) is 5.95. The Balaban J connectivity index is 1.47. The molecule has 0 saturated carbocycles. The molecule has 0 bridgehead atoms. The molecule has 136 valence electrons. The quantitative estimate of drug-likeness (QED) is 0.539. The van der Waals surface area contributed by atoms with Gasteiger partial charge in [-0.25, -0.2) is 0 Å². The lowest BCUT2D eigenvalue weighted by Crippen LogP contribution is -2.08. The van der Waals surface area contributed by atoms with Crippen LogP contribution in [0.15, 0.2) is 70.2 Å². The summed E-state index contributed by atoms with van der Waals surface area (Å²) in [5.74, 6) is 2.25. The van der Waals surface area contributed by atoms with Crippen LogP contribution >= 0.6 is 0 Å². The van der Waals surface area contributed by atoms with Crippen LogP contribution in [-0.4, -0.2) is 17.7 Å². The van der Waals surface area contributed by atoms with Crippen LogP contribution in [0.25, 0.3) is 11.3 Å². The molecule has 4 rings (SSSR count). The third-order valence-electron chi connectivity index (χ3n) is 4.51. The number of nitro benzene ring substituents is 1. The first kappa shape index (κ1) is 16.8. The van der Waals surface area contributed by atoms with E-state index >= 15 is 0 Å². The Hall–Kier alpha value is -3.61. The average Bonchev–Trinajstić information content (AvgIpc) is 3.38. The SMILES string of the molecule is COc1ccc(C2=NNC(c3ccc(-c4ccc([N+](=O)[O-])cc4)o3)C2)cc1. The minimum atomic E-state index is -0.419. The summed E-state index contributed by atoms with van der Waals surface area (Å²) in [6.07, 6.45) is 0.708. The predicted octanol–water partition coefficient (Wildman–Crippen LogP) is 4.30. The van der Waals surface area contributed by atoms with Gasteiger partial charge in [0.25, 0.3) is 5.69 Å². The number of ether oxygens (including phenoxy) is 1. The van der Waals surface area contributed by atoms with Crippen molar-refractivity contribution in [1.29, 1.82) is 0 Å². The first-order valence-electron chi connectivity index (χ1n) is 8.45. The summed E-state index contributed by atoms with van der Waals surface area (Å²) in [5, 5.41) is 15.2. The lowest BCUT2D eigenvalue weighted by Gasteiger charge is -2.06. The Bertz CT molecular complexity index is 991. The van der Waals surface area contributed by atoms with Crippen molar-refractivity contribution in [2.45, 2.75) is 12.5 Å². The number of furan rings is 1. The average molecular weight is 363 g/mol. The van der Waals surface area contributed by atoms with Gasteiger partial charge in [-0.2, -0.15) is 5.10 Å². The van der Waals surface area contributed by atoms with E-state index in [4.69, 9.17) is 9.15 Å². The molecule has 2 heterocycles. The van der Waals surface area contributed by atoms with Gasteiger partial charge in [0.1, 0.15) is 23.3 Å². The van der Waals surface area contributed by atoms with Crippen molar-refractivity contribution in [1.82, 2.24) is 5.43 Å². The van der Waals surface area contributed by atoms with Crippen molar-refractivity contribution in [3.8, 4) is 17.1 Å². The molecule has 1 aliphatic heterocycles. The number of nitrogens with one attached hydrogen (secondary N) is 1. The van der Waals surface area contributed by atoms with Crippen LogP contribution in [0.2, 0.25) is 0 Å². The van der Waals surface area contributed by atoms with Gasteiger partial charge in [-0.05, 0) is 54.1 Å². The largest absolute Gasteiger partial charge is 0.497 e. The van der Waals surface area contributed by atoms with Gasteiger partial charge in [-0.1, -0.05) is 0 Å². The number of hydrogen-bond acceptors (Lipinski definition) is 6. The maximum absolute atomic E-state index is 10.8. The highest BCUT2D eigenvalue weighted by atomic mass is 16.6. The Morgan fingerprint density at radius 3 is 2.44 bits per heavy atom. The van der Waals surface area contributed by atoms with E-state index < -0.39 is 4.92 Å². The molecule has 27 heavy (non-hydrogen) atoms. The fraction of sp³-hybridized carbons (Fsp3) is 0.150. The number of nitrogens with zero attached hydrogens (tertiary/aromatic N) is 2. The first-order valence-corrected chi connectivity index (χ1v) is 8.45. The van der Waals surface area contributed by atoms with Crippen LogP contribution in [-0.2, 0) is 0 Å². The molecule has 1 unspecified atom stereocenters. The lowest BCUT2D eigenvalue weighted by molar-refractivity contribution is -0.384. The second kappa shape index (κ2) is 6.95. The lowest BCUT2D eigenvalue weighted by atomic mass is 10.0. The fourth-order valence-corrected chi connectivity index (χ4v) is 3.01. The molecule has 0 spiro atoms.